The zero-order chi connectivity index (χ0) is 19.9. The third kappa shape index (κ3) is 5.27. The van der Waals surface area contributed by atoms with E-state index in [0.717, 1.165) is 32.5 Å². The normalized spacial score (nSPS) is 16.3. The van der Waals surface area contributed by atoms with Crippen molar-refractivity contribution in [1.82, 2.24) is 24.8 Å². The lowest BCUT2D eigenvalue weighted by Gasteiger charge is -2.32. The predicted molar refractivity (Wildman–Crippen MR) is 109 cm³/mol. The maximum Gasteiger partial charge on any atom is 0.275 e. The molecule has 0 saturated carbocycles. The van der Waals surface area contributed by atoms with Crippen molar-refractivity contribution in [2.24, 2.45) is 0 Å². The van der Waals surface area contributed by atoms with Crippen molar-refractivity contribution in [3.8, 4) is 0 Å². The summed E-state index contributed by atoms with van der Waals surface area (Å²) in [6.07, 6.45) is 5.95. The van der Waals surface area contributed by atoms with Gasteiger partial charge >= 0.3 is 0 Å². The summed E-state index contributed by atoms with van der Waals surface area (Å²) in [5.41, 5.74) is 2.92. The molecular formula is C21H29N5O2. The number of benzene rings is 1. The van der Waals surface area contributed by atoms with Gasteiger partial charge < -0.3 is 10.0 Å². The minimum Gasteiger partial charge on any atom is -0.395 e. The van der Waals surface area contributed by atoms with E-state index in [-0.39, 0.29) is 18.6 Å². The van der Waals surface area contributed by atoms with Gasteiger partial charge in [0, 0.05) is 33.2 Å². The Kier molecular flexibility index (Phi) is 6.95. The van der Waals surface area contributed by atoms with Gasteiger partial charge in [-0.2, -0.15) is 0 Å². The first kappa shape index (κ1) is 20.2. The molecule has 1 aliphatic rings. The number of carbonyl (C=O) groups is 1. The molecule has 1 aromatic carbocycles. The summed E-state index contributed by atoms with van der Waals surface area (Å²) in [5.74, 6) is -0.209. The van der Waals surface area contributed by atoms with Crippen LogP contribution in [0.2, 0.25) is 0 Å². The van der Waals surface area contributed by atoms with Crippen LogP contribution in [0.1, 0.15) is 41.9 Å². The summed E-state index contributed by atoms with van der Waals surface area (Å²) in [7, 11) is 1.65. The number of hydrogen-bond donors (Lipinski definition) is 1. The number of likely N-dealkylation sites (N-methyl/N-ethyl adjacent to an activating group) is 1. The Labute approximate surface area is 166 Å². The van der Waals surface area contributed by atoms with Gasteiger partial charge in [-0.25, -0.2) is 4.68 Å². The number of aliphatic hydroxyl groups excluding tert-OH is 1. The summed E-state index contributed by atoms with van der Waals surface area (Å²) >= 11 is 0. The van der Waals surface area contributed by atoms with Crippen LogP contribution < -0.4 is 0 Å². The number of aliphatic hydroxyl groups is 1. The van der Waals surface area contributed by atoms with Crippen molar-refractivity contribution in [3.63, 3.8) is 0 Å². The maximum absolute atomic E-state index is 12.2. The third-order valence-electron chi connectivity index (χ3n) is 5.13. The quantitative estimate of drug-likeness (QED) is 0.792. The molecule has 2 aromatic rings. The van der Waals surface area contributed by atoms with E-state index in [1.54, 1.807) is 13.2 Å². The number of aromatic nitrogens is 3. The lowest BCUT2D eigenvalue weighted by Crippen LogP contribution is -2.35. The van der Waals surface area contributed by atoms with Gasteiger partial charge in [0.25, 0.3) is 5.91 Å². The summed E-state index contributed by atoms with van der Waals surface area (Å²) in [6, 6.07) is 10.7. The standard InChI is InChI=1S/C21H29N5O2/c1-17(14-18-6-4-3-5-7-18)15-25-10-8-19(9-11-25)26-16-20(22-23-26)21(28)24(2)12-13-27/h3-7,14,16,19,27H,8-13,15H2,1-2H3/b17-14+. The molecule has 7 nitrogen and oxygen atoms in total. The van der Waals surface area contributed by atoms with E-state index in [4.69, 9.17) is 5.11 Å². The van der Waals surface area contributed by atoms with Gasteiger partial charge in [0.2, 0.25) is 0 Å². The van der Waals surface area contributed by atoms with Gasteiger partial charge in [0.05, 0.1) is 18.8 Å². The second-order valence-corrected chi connectivity index (χ2v) is 7.44. The van der Waals surface area contributed by atoms with E-state index in [9.17, 15) is 4.79 Å². The van der Waals surface area contributed by atoms with Crippen molar-refractivity contribution in [1.29, 1.82) is 0 Å². The Morgan fingerprint density at radius 3 is 2.68 bits per heavy atom. The van der Waals surface area contributed by atoms with E-state index in [2.05, 4.69) is 52.5 Å². The van der Waals surface area contributed by atoms with Gasteiger partial charge in [-0.3, -0.25) is 9.69 Å². The summed E-state index contributed by atoms with van der Waals surface area (Å²) < 4.78 is 1.82. The fourth-order valence-electron chi connectivity index (χ4n) is 3.57. The zero-order valence-electron chi connectivity index (χ0n) is 16.7. The molecule has 0 radical (unpaired) electrons. The molecule has 7 heteroatoms. The molecule has 1 N–H and O–H groups in total. The van der Waals surface area contributed by atoms with Crippen LogP contribution in [0, 0.1) is 0 Å². The minimum atomic E-state index is -0.209. The largest absolute Gasteiger partial charge is 0.395 e. The SMILES string of the molecule is C/C(=C\c1ccccc1)CN1CCC(n2cc(C(=O)N(C)CCO)nn2)CC1. The Balaban J connectivity index is 1.52. The fraction of sp³-hybridized carbons (Fsp3) is 0.476. The molecule has 3 rings (SSSR count). The molecule has 0 bridgehead atoms. The van der Waals surface area contributed by atoms with Gasteiger partial charge in [-0.05, 0) is 25.3 Å². The van der Waals surface area contributed by atoms with E-state index in [1.165, 1.54) is 16.0 Å². The molecular weight excluding hydrogens is 354 g/mol. The summed E-state index contributed by atoms with van der Waals surface area (Å²) in [6.45, 7) is 5.37. The number of likely N-dealkylation sites (tertiary alicyclic amines) is 1. The highest BCUT2D eigenvalue weighted by atomic mass is 16.3. The number of piperidine rings is 1. The Bertz CT molecular complexity index is 794. The maximum atomic E-state index is 12.2. The minimum absolute atomic E-state index is 0.0625. The molecule has 1 aromatic heterocycles. The van der Waals surface area contributed by atoms with Crippen molar-refractivity contribution in [3.05, 3.63) is 53.4 Å². The number of carbonyl (C=O) groups excluding carboxylic acids is 1. The number of rotatable bonds is 7. The first-order chi connectivity index (χ1) is 13.6. The fourth-order valence-corrected chi connectivity index (χ4v) is 3.57. The van der Waals surface area contributed by atoms with Crippen molar-refractivity contribution < 1.29 is 9.90 Å². The van der Waals surface area contributed by atoms with E-state index >= 15 is 0 Å². The van der Waals surface area contributed by atoms with Gasteiger partial charge in [0.15, 0.2) is 5.69 Å². The molecule has 28 heavy (non-hydrogen) atoms. The summed E-state index contributed by atoms with van der Waals surface area (Å²) in [5, 5.41) is 17.2. The molecule has 0 aliphatic carbocycles. The second kappa shape index (κ2) is 9.61. The molecule has 1 aliphatic heterocycles. The van der Waals surface area contributed by atoms with Crippen molar-refractivity contribution >= 4 is 12.0 Å². The number of nitrogens with zero attached hydrogens (tertiary/aromatic N) is 5. The average Bonchev–Trinajstić information content (AvgIpc) is 3.19. The van der Waals surface area contributed by atoms with Crippen LogP contribution in [0.5, 0.6) is 0 Å². The molecule has 0 unspecified atom stereocenters. The van der Waals surface area contributed by atoms with E-state index < -0.39 is 0 Å². The molecule has 1 amide bonds. The van der Waals surface area contributed by atoms with Crippen LogP contribution in [0.4, 0.5) is 0 Å². The lowest BCUT2D eigenvalue weighted by atomic mass is 10.0. The Morgan fingerprint density at radius 1 is 1.29 bits per heavy atom. The monoisotopic (exact) mass is 383 g/mol. The molecule has 150 valence electrons. The Hall–Kier alpha value is -2.51. The van der Waals surface area contributed by atoms with E-state index in [0.29, 0.717) is 12.2 Å². The molecule has 0 atom stereocenters. The number of amides is 1. The molecule has 1 saturated heterocycles. The average molecular weight is 383 g/mol. The van der Waals surface area contributed by atoms with Gasteiger partial charge in [-0.1, -0.05) is 47.2 Å². The smallest absolute Gasteiger partial charge is 0.275 e. The van der Waals surface area contributed by atoms with Crippen LogP contribution in [-0.4, -0.2) is 75.6 Å². The molecule has 2 heterocycles. The highest BCUT2D eigenvalue weighted by Crippen LogP contribution is 2.22. The first-order valence-electron chi connectivity index (χ1n) is 9.79. The highest BCUT2D eigenvalue weighted by molar-refractivity contribution is 5.91. The highest BCUT2D eigenvalue weighted by Gasteiger charge is 2.23. The lowest BCUT2D eigenvalue weighted by molar-refractivity contribution is 0.0761. The number of hydrogen-bond acceptors (Lipinski definition) is 5. The van der Waals surface area contributed by atoms with Crippen LogP contribution in [0.3, 0.4) is 0 Å². The van der Waals surface area contributed by atoms with Crippen LogP contribution in [0.15, 0.2) is 42.1 Å². The zero-order valence-corrected chi connectivity index (χ0v) is 16.7. The van der Waals surface area contributed by atoms with Crippen LogP contribution in [-0.2, 0) is 0 Å². The van der Waals surface area contributed by atoms with Gasteiger partial charge in [0.1, 0.15) is 0 Å². The predicted octanol–water partition coefficient (Wildman–Crippen LogP) is 2.08. The van der Waals surface area contributed by atoms with E-state index in [1.807, 2.05) is 10.7 Å². The third-order valence-corrected chi connectivity index (χ3v) is 5.13. The summed E-state index contributed by atoms with van der Waals surface area (Å²) in [4.78, 5) is 16.2. The topological polar surface area (TPSA) is 74.5 Å². The molecule has 1 fully saturated rings. The van der Waals surface area contributed by atoms with Crippen LogP contribution >= 0.6 is 0 Å². The first-order valence-corrected chi connectivity index (χ1v) is 9.79. The second-order valence-electron chi connectivity index (χ2n) is 7.44. The van der Waals surface area contributed by atoms with Crippen molar-refractivity contribution in [2.75, 3.05) is 39.8 Å². The van der Waals surface area contributed by atoms with Gasteiger partial charge in [-0.15, -0.1) is 5.10 Å². The Morgan fingerprint density at radius 2 is 2.00 bits per heavy atom. The molecule has 0 spiro atoms. The van der Waals surface area contributed by atoms with Crippen molar-refractivity contribution in [2.45, 2.75) is 25.8 Å². The van der Waals surface area contributed by atoms with Crippen LogP contribution in [0.25, 0.3) is 6.08 Å².